The summed E-state index contributed by atoms with van der Waals surface area (Å²) in [4.78, 5) is 8.85. The molecule has 0 fully saturated rings. The Bertz CT molecular complexity index is 991. The summed E-state index contributed by atoms with van der Waals surface area (Å²) in [6.45, 7) is 5.56. The van der Waals surface area contributed by atoms with E-state index < -0.39 is 0 Å². The molecule has 0 saturated heterocycles. The van der Waals surface area contributed by atoms with Crippen molar-refractivity contribution < 1.29 is 9.47 Å². The Hall–Kier alpha value is -2.75. The highest BCUT2D eigenvalue weighted by molar-refractivity contribution is 14.0. The minimum Gasteiger partial charge on any atom is -0.490 e. The van der Waals surface area contributed by atoms with Crippen molar-refractivity contribution in [1.29, 1.82) is 0 Å². The Morgan fingerprint density at radius 2 is 1.94 bits per heavy atom. The standard InChI is InChI=1S/C23H27N5O2.HI/c1-2-25-23(27-20-7-8-21-22(14-20)30-12-4-11-29-21)26-15-18-5-3-6-19(13-18)16-28-10-9-24-17-28;/h3,5-10,13-14,17H,2,4,11-12,15-16H2,1H3,(H2,25,26,27);1H. The maximum atomic E-state index is 5.78. The molecule has 8 heteroatoms. The van der Waals surface area contributed by atoms with Crippen molar-refractivity contribution in [2.45, 2.75) is 26.4 Å². The van der Waals surface area contributed by atoms with Crippen LogP contribution in [0.5, 0.6) is 11.5 Å². The molecule has 7 nitrogen and oxygen atoms in total. The Balaban J connectivity index is 0.00000272. The van der Waals surface area contributed by atoms with E-state index in [1.54, 1.807) is 6.20 Å². The number of ether oxygens (including phenoxy) is 2. The number of fused-ring (bicyclic) bond motifs is 1. The molecule has 1 aliphatic rings. The number of aromatic nitrogens is 2. The van der Waals surface area contributed by atoms with Crippen LogP contribution in [0, 0.1) is 0 Å². The number of nitrogens with one attached hydrogen (secondary N) is 2. The Morgan fingerprint density at radius 3 is 2.74 bits per heavy atom. The van der Waals surface area contributed by atoms with E-state index in [1.807, 2.05) is 30.7 Å². The summed E-state index contributed by atoms with van der Waals surface area (Å²) in [6, 6.07) is 14.3. The molecule has 0 radical (unpaired) electrons. The van der Waals surface area contributed by atoms with Gasteiger partial charge in [-0.15, -0.1) is 24.0 Å². The third-order valence-electron chi connectivity index (χ3n) is 4.69. The second-order valence-electron chi connectivity index (χ2n) is 7.09. The lowest BCUT2D eigenvalue weighted by molar-refractivity contribution is 0.297. The van der Waals surface area contributed by atoms with Gasteiger partial charge in [0.15, 0.2) is 17.5 Å². The van der Waals surface area contributed by atoms with E-state index in [1.165, 1.54) is 5.56 Å². The molecule has 1 aliphatic heterocycles. The van der Waals surface area contributed by atoms with Crippen LogP contribution in [-0.4, -0.2) is 35.3 Å². The molecule has 0 spiro atoms. The summed E-state index contributed by atoms with van der Waals surface area (Å²) in [5.41, 5.74) is 3.29. The van der Waals surface area contributed by atoms with Crippen molar-refractivity contribution >= 4 is 35.6 Å². The van der Waals surface area contributed by atoms with Gasteiger partial charge in [0.25, 0.3) is 0 Å². The minimum absolute atomic E-state index is 0. The molecule has 0 bridgehead atoms. The second-order valence-corrected chi connectivity index (χ2v) is 7.09. The first-order valence-electron chi connectivity index (χ1n) is 10.3. The summed E-state index contributed by atoms with van der Waals surface area (Å²) < 4.78 is 13.5. The molecule has 31 heavy (non-hydrogen) atoms. The third kappa shape index (κ3) is 6.61. The first-order valence-corrected chi connectivity index (χ1v) is 10.3. The molecule has 3 aromatic rings. The van der Waals surface area contributed by atoms with Gasteiger partial charge >= 0.3 is 0 Å². The molecule has 0 unspecified atom stereocenters. The zero-order valence-electron chi connectivity index (χ0n) is 17.6. The van der Waals surface area contributed by atoms with Gasteiger partial charge in [-0.25, -0.2) is 9.98 Å². The van der Waals surface area contributed by atoms with Crippen LogP contribution in [0.1, 0.15) is 24.5 Å². The average Bonchev–Trinajstić information content (AvgIpc) is 3.15. The summed E-state index contributed by atoms with van der Waals surface area (Å²) in [6.07, 6.45) is 6.48. The van der Waals surface area contributed by atoms with Crippen molar-refractivity contribution in [3.05, 3.63) is 72.3 Å². The highest BCUT2D eigenvalue weighted by Crippen LogP contribution is 2.32. The van der Waals surface area contributed by atoms with Crippen LogP contribution >= 0.6 is 24.0 Å². The number of imidazole rings is 1. The fourth-order valence-electron chi connectivity index (χ4n) is 3.27. The molecule has 4 rings (SSSR count). The van der Waals surface area contributed by atoms with Gasteiger partial charge in [0.1, 0.15) is 0 Å². The van der Waals surface area contributed by atoms with Crippen LogP contribution in [0.3, 0.4) is 0 Å². The maximum Gasteiger partial charge on any atom is 0.196 e. The van der Waals surface area contributed by atoms with Crippen LogP contribution in [0.4, 0.5) is 5.69 Å². The quantitative estimate of drug-likeness (QED) is 0.281. The predicted molar refractivity (Wildman–Crippen MR) is 134 cm³/mol. The fourth-order valence-corrected chi connectivity index (χ4v) is 3.27. The minimum atomic E-state index is 0. The van der Waals surface area contributed by atoms with Crippen LogP contribution in [-0.2, 0) is 13.1 Å². The average molecular weight is 533 g/mol. The largest absolute Gasteiger partial charge is 0.490 e. The molecular weight excluding hydrogens is 505 g/mol. The first kappa shape index (κ1) is 22.9. The van der Waals surface area contributed by atoms with Crippen LogP contribution < -0.4 is 20.1 Å². The lowest BCUT2D eigenvalue weighted by Gasteiger charge is -2.14. The van der Waals surface area contributed by atoms with Crippen molar-refractivity contribution in [3.8, 4) is 11.5 Å². The third-order valence-corrected chi connectivity index (χ3v) is 4.69. The summed E-state index contributed by atoms with van der Waals surface area (Å²) in [5.74, 6) is 2.28. The second kappa shape index (κ2) is 11.6. The normalized spacial score (nSPS) is 13.1. The van der Waals surface area contributed by atoms with Gasteiger partial charge in [0.05, 0.1) is 26.1 Å². The van der Waals surface area contributed by atoms with Crippen molar-refractivity contribution in [1.82, 2.24) is 14.9 Å². The Labute approximate surface area is 199 Å². The van der Waals surface area contributed by atoms with Crippen LogP contribution in [0.15, 0.2) is 66.2 Å². The van der Waals surface area contributed by atoms with Crippen LogP contribution in [0.2, 0.25) is 0 Å². The molecule has 0 aliphatic carbocycles. The molecule has 2 heterocycles. The number of halogens is 1. The zero-order chi connectivity index (χ0) is 20.6. The van der Waals surface area contributed by atoms with Gasteiger partial charge < -0.3 is 24.7 Å². The number of nitrogens with zero attached hydrogens (tertiary/aromatic N) is 3. The van der Waals surface area contributed by atoms with Gasteiger partial charge in [-0.05, 0) is 30.2 Å². The van der Waals surface area contributed by atoms with Crippen molar-refractivity contribution in [2.24, 2.45) is 4.99 Å². The van der Waals surface area contributed by atoms with E-state index in [0.29, 0.717) is 19.8 Å². The van der Waals surface area contributed by atoms with E-state index in [2.05, 4.69) is 51.4 Å². The lowest BCUT2D eigenvalue weighted by atomic mass is 10.1. The van der Waals surface area contributed by atoms with Gasteiger partial charge in [0.2, 0.25) is 0 Å². The molecule has 2 N–H and O–H groups in total. The Morgan fingerprint density at radius 1 is 1.10 bits per heavy atom. The number of aliphatic imine (C=N–C) groups is 1. The van der Waals surface area contributed by atoms with E-state index in [4.69, 9.17) is 14.5 Å². The highest BCUT2D eigenvalue weighted by Gasteiger charge is 2.11. The number of guanidine groups is 1. The molecule has 2 aromatic carbocycles. The number of rotatable bonds is 6. The maximum absolute atomic E-state index is 5.78. The van der Waals surface area contributed by atoms with E-state index in [0.717, 1.165) is 48.2 Å². The molecule has 0 saturated carbocycles. The SMILES string of the molecule is CCNC(=NCc1cccc(Cn2ccnc2)c1)Nc1ccc2c(c1)OCCCO2.I. The van der Waals surface area contributed by atoms with E-state index in [-0.39, 0.29) is 24.0 Å². The van der Waals surface area contributed by atoms with E-state index >= 15 is 0 Å². The molecular formula is C23H28IN5O2. The van der Waals surface area contributed by atoms with Gasteiger partial charge in [0, 0.05) is 43.7 Å². The number of hydrogen-bond donors (Lipinski definition) is 2. The van der Waals surface area contributed by atoms with Crippen LogP contribution in [0.25, 0.3) is 0 Å². The highest BCUT2D eigenvalue weighted by atomic mass is 127. The number of hydrogen-bond acceptors (Lipinski definition) is 4. The van der Waals surface area contributed by atoms with Crippen molar-refractivity contribution in [2.75, 3.05) is 25.1 Å². The van der Waals surface area contributed by atoms with E-state index in [9.17, 15) is 0 Å². The fraction of sp³-hybridized carbons (Fsp3) is 0.304. The summed E-state index contributed by atoms with van der Waals surface area (Å²) in [7, 11) is 0. The van der Waals surface area contributed by atoms with Crippen molar-refractivity contribution in [3.63, 3.8) is 0 Å². The lowest BCUT2D eigenvalue weighted by Crippen LogP contribution is -2.30. The molecule has 0 amide bonds. The molecule has 164 valence electrons. The summed E-state index contributed by atoms with van der Waals surface area (Å²) >= 11 is 0. The number of anilines is 1. The predicted octanol–water partition coefficient (Wildman–Crippen LogP) is 4.29. The molecule has 1 aromatic heterocycles. The smallest absolute Gasteiger partial charge is 0.196 e. The topological polar surface area (TPSA) is 72.7 Å². The van der Waals surface area contributed by atoms with Gasteiger partial charge in [-0.2, -0.15) is 0 Å². The monoisotopic (exact) mass is 533 g/mol. The molecule has 0 atom stereocenters. The Kier molecular flexibility index (Phi) is 8.57. The van der Waals surface area contributed by atoms with Gasteiger partial charge in [-0.3, -0.25) is 0 Å². The van der Waals surface area contributed by atoms with Gasteiger partial charge in [-0.1, -0.05) is 24.3 Å². The number of benzene rings is 2. The first-order chi connectivity index (χ1) is 14.8. The zero-order valence-corrected chi connectivity index (χ0v) is 19.9. The summed E-state index contributed by atoms with van der Waals surface area (Å²) in [5, 5.41) is 6.66.